The zero-order chi connectivity index (χ0) is 17.7. The summed E-state index contributed by atoms with van der Waals surface area (Å²) < 4.78 is 5.95. The van der Waals surface area contributed by atoms with Gasteiger partial charge in [0.15, 0.2) is 0 Å². The van der Waals surface area contributed by atoms with Crippen LogP contribution in [0.5, 0.6) is 5.75 Å². The summed E-state index contributed by atoms with van der Waals surface area (Å²) in [6, 6.07) is 11.1. The number of hydrogen-bond acceptors (Lipinski definition) is 5. The Labute approximate surface area is 152 Å². The fourth-order valence-electron chi connectivity index (χ4n) is 1.92. The summed E-state index contributed by atoms with van der Waals surface area (Å²) in [5.74, 6) is 0.309. The van der Waals surface area contributed by atoms with Crippen LogP contribution in [0.15, 0.2) is 47.6 Å². The Morgan fingerprint density at radius 1 is 1.25 bits per heavy atom. The van der Waals surface area contributed by atoms with Gasteiger partial charge in [0.2, 0.25) is 0 Å². The smallest absolute Gasteiger partial charge is 0.271 e. The Morgan fingerprint density at radius 2 is 2.00 bits per heavy atom. The molecule has 0 bridgehead atoms. The molecule has 0 aromatic heterocycles. The first kappa shape index (κ1) is 17.9. The standard InChI is InChI=1S/C16H14IN3O4/c1-10(11-4-3-5-13(8-11)20(22)23)18-19-16(21)12-6-7-15(24-2)14(17)9-12/h3-9H,1-2H3,(H,19,21). The lowest BCUT2D eigenvalue weighted by Gasteiger charge is -2.06. The minimum absolute atomic E-state index is 0.0296. The average molecular weight is 439 g/mol. The number of carbonyl (C=O) groups excluding carboxylic acids is 1. The van der Waals surface area contributed by atoms with Crippen LogP contribution < -0.4 is 10.2 Å². The van der Waals surface area contributed by atoms with Gasteiger partial charge in [0.25, 0.3) is 11.6 Å². The van der Waals surface area contributed by atoms with Gasteiger partial charge in [0.1, 0.15) is 5.75 Å². The predicted molar refractivity (Wildman–Crippen MR) is 98.5 cm³/mol. The molecule has 0 aliphatic carbocycles. The van der Waals surface area contributed by atoms with Gasteiger partial charge in [-0.05, 0) is 47.7 Å². The molecular formula is C16H14IN3O4. The van der Waals surface area contributed by atoms with E-state index >= 15 is 0 Å². The summed E-state index contributed by atoms with van der Waals surface area (Å²) in [5.41, 5.74) is 3.89. The Bertz CT molecular complexity index is 821. The van der Waals surface area contributed by atoms with Crippen molar-refractivity contribution in [2.45, 2.75) is 6.92 Å². The van der Waals surface area contributed by atoms with Crippen molar-refractivity contribution in [3.05, 3.63) is 67.3 Å². The SMILES string of the molecule is COc1ccc(C(=O)NN=C(C)c2cccc([N+](=O)[O-])c2)cc1I. The molecule has 0 atom stereocenters. The van der Waals surface area contributed by atoms with Gasteiger partial charge in [0, 0.05) is 23.3 Å². The third-order valence-corrected chi connectivity index (χ3v) is 4.06. The molecule has 0 spiro atoms. The first-order chi connectivity index (χ1) is 11.4. The topological polar surface area (TPSA) is 93.8 Å². The van der Waals surface area contributed by atoms with Gasteiger partial charge in [-0.1, -0.05) is 12.1 Å². The van der Waals surface area contributed by atoms with E-state index in [1.165, 1.54) is 12.1 Å². The largest absolute Gasteiger partial charge is 0.496 e. The molecule has 8 heteroatoms. The monoisotopic (exact) mass is 439 g/mol. The molecule has 2 aromatic rings. The van der Waals surface area contributed by atoms with Gasteiger partial charge >= 0.3 is 0 Å². The van der Waals surface area contributed by atoms with Gasteiger partial charge in [-0.15, -0.1) is 0 Å². The molecule has 0 saturated carbocycles. The number of amides is 1. The van der Waals surface area contributed by atoms with E-state index in [0.29, 0.717) is 22.6 Å². The number of ether oxygens (including phenoxy) is 1. The van der Waals surface area contributed by atoms with Gasteiger partial charge < -0.3 is 4.74 Å². The van der Waals surface area contributed by atoms with Crippen LogP contribution in [0, 0.1) is 13.7 Å². The van der Waals surface area contributed by atoms with Gasteiger partial charge in [0.05, 0.1) is 21.3 Å². The maximum absolute atomic E-state index is 12.1. The van der Waals surface area contributed by atoms with Crippen LogP contribution in [0.3, 0.4) is 0 Å². The van der Waals surface area contributed by atoms with E-state index < -0.39 is 4.92 Å². The highest BCUT2D eigenvalue weighted by atomic mass is 127. The number of nitrogens with zero attached hydrogens (tertiary/aromatic N) is 2. The van der Waals surface area contributed by atoms with E-state index in [0.717, 1.165) is 3.57 Å². The van der Waals surface area contributed by atoms with E-state index in [-0.39, 0.29) is 11.6 Å². The minimum atomic E-state index is -0.478. The lowest BCUT2D eigenvalue weighted by molar-refractivity contribution is -0.384. The Balaban J connectivity index is 2.14. The third kappa shape index (κ3) is 4.28. The van der Waals surface area contributed by atoms with E-state index in [1.807, 2.05) is 0 Å². The maximum Gasteiger partial charge on any atom is 0.271 e. The van der Waals surface area contributed by atoms with Gasteiger partial charge in [-0.3, -0.25) is 14.9 Å². The number of nitro groups is 1. The molecule has 2 aromatic carbocycles. The number of halogens is 1. The molecule has 0 saturated heterocycles. The molecule has 0 aliphatic rings. The predicted octanol–water partition coefficient (Wildman–Crippen LogP) is 3.36. The van der Waals surface area contributed by atoms with Crippen molar-refractivity contribution in [3.8, 4) is 5.75 Å². The minimum Gasteiger partial charge on any atom is -0.496 e. The molecule has 24 heavy (non-hydrogen) atoms. The Morgan fingerprint density at radius 3 is 2.62 bits per heavy atom. The summed E-state index contributed by atoms with van der Waals surface area (Å²) in [6.45, 7) is 1.66. The number of non-ortho nitro benzene ring substituents is 1. The van der Waals surface area contributed by atoms with E-state index in [4.69, 9.17) is 4.74 Å². The second kappa shape index (κ2) is 7.86. The molecule has 1 amide bonds. The second-order valence-electron chi connectivity index (χ2n) is 4.79. The summed E-state index contributed by atoms with van der Waals surface area (Å²) >= 11 is 2.08. The number of hydrazone groups is 1. The lowest BCUT2D eigenvalue weighted by atomic mass is 10.1. The van der Waals surface area contributed by atoms with Crippen molar-refractivity contribution in [2.24, 2.45) is 5.10 Å². The van der Waals surface area contributed by atoms with Crippen molar-refractivity contribution < 1.29 is 14.5 Å². The zero-order valence-corrected chi connectivity index (χ0v) is 15.1. The van der Waals surface area contributed by atoms with E-state index in [2.05, 4.69) is 33.1 Å². The van der Waals surface area contributed by atoms with Crippen molar-refractivity contribution >= 4 is 39.9 Å². The molecule has 0 radical (unpaired) electrons. The fourth-order valence-corrected chi connectivity index (χ4v) is 2.65. The van der Waals surface area contributed by atoms with Crippen LogP contribution in [-0.4, -0.2) is 23.7 Å². The summed E-state index contributed by atoms with van der Waals surface area (Å²) in [7, 11) is 1.56. The van der Waals surface area contributed by atoms with Crippen LogP contribution in [0.2, 0.25) is 0 Å². The summed E-state index contributed by atoms with van der Waals surface area (Å²) in [5, 5.41) is 14.8. The summed E-state index contributed by atoms with van der Waals surface area (Å²) in [6.07, 6.45) is 0. The van der Waals surface area contributed by atoms with Crippen LogP contribution >= 0.6 is 22.6 Å². The first-order valence-corrected chi connectivity index (χ1v) is 7.93. The molecule has 0 fully saturated rings. The molecule has 0 heterocycles. The highest BCUT2D eigenvalue weighted by Gasteiger charge is 2.10. The fraction of sp³-hybridized carbons (Fsp3) is 0.125. The van der Waals surface area contributed by atoms with Crippen molar-refractivity contribution in [3.63, 3.8) is 0 Å². The molecule has 2 rings (SSSR count). The molecule has 0 unspecified atom stereocenters. The zero-order valence-electron chi connectivity index (χ0n) is 12.9. The lowest BCUT2D eigenvalue weighted by Crippen LogP contribution is -2.19. The molecule has 7 nitrogen and oxygen atoms in total. The van der Waals surface area contributed by atoms with Crippen molar-refractivity contribution in [2.75, 3.05) is 7.11 Å². The number of nitrogens with one attached hydrogen (secondary N) is 1. The van der Waals surface area contributed by atoms with E-state index in [9.17, 15) is 14.9 Å². The Hall–Kier alpha value is -2.49. The number of carbonyl (C=O) groups is 1. The summed E-state index contributed by atoms with van der Waals surface area (Å²) in [4.78, 5) is 22.5. The first-order valence-electron chi connectivity index (χ1n) is 6.85. The number of nitro benzene ring substituents is 1. The van der Waals surface area contributed by atoms with Crippen LogP contribution in [0.1, 0.15) is 22.8 Å². The second-order valence-corrected chi connectivity index (χ2v) is 5.96. The van der Waals surface area contributed by atoms with Crippen LogP contribution in [-0.2, 0) is 0 Å². The number of rotatable bonds is 5. The highest BCUT2D eigenvalue weighted by Crippen LogP contribution is 2.21. The average Bonchev–Trinajstić information content (AvgIpc) is 2.59. The molecular weight excluding hydrogens is 425 g/mol. The van der Waals surface area contributed by atoms with Crippen molar-refractivity contribution in [1.29, 1.82) is 0 Å². The van der Waals surface area contributed by atoms with Crippen molar-refractivity contribution in [1.82, 2.24) is 5.43 Å². The van der Waals surface area contributed by atoms with E-state index in [1.54, 1.807) is 44.4 Å². The van der Waals surface area contributed by atoms with Crippen LogP contribution in [0.4, 0.5) is 5.69 Å². The maximum atomic E-state index is 12.1. The molecule has 124 valence electrons. The molecule has 0 aliphatic heterocycles. The van der Waals surface area contributed by atoms with Crippen LogP contribution in [0.25, 0.3) is 0 Å². The highest BCUT2D eigenvalue weighted by molar-refractivity contribution is 14.1. The van der Waals surface area contributed by atoms with Gasteiger partial charge in [-0.2, -0.15) is 5.10 Å². The number of methoxy groups -OCH3 is 1. The van der Waals surface area contributed by atoms with Gasteiger partial charge in [-0.25, -0.2) is 5.43 Å². The molecule has 1 N–H and O–H groups in total. The number of benzene rings is 2. The third-order valence-electron chi connectivity index (χ3n) is 3.21. The Kier molecular flexibility index (Phi) is 5.85. The number of hydrogen-bond donors (Lipinski definition) is 1. The quantitative estimate of drug-likeness (QED) is 0.335. The normalized spacial score (nSPS) is 11.0.